The van der Waals surface area contributed by atoms with Crippen molar-refractivity contribution >= 4 is 35.1 Å². The maximum absolute atomic E-state index is 8.65. The zero-order valence-electron chi connectivity index (χ0n) is 27.1. The number of halogens is 2. The van der Waals surface area contributed by atoms with Crippen LogP contribution in [0.2, 0.25) is 13.1 Å². The molecule has 0 radical (unpaired) electrons. The average Bonchev–Trinajstić information content (AvgIpc) is 3.58. The normalized spacial score (nSPS) is 18.4. The molecule has 2 aliphatic rings. The van der Waals surface area contributed by atoms with Gasteiger partial charge in [0.2, 0.25) is 0 Å². The standard InChI is InChI=1S/2C19H19.C2H7Si.2ClH.Zr/c2*1-3-5-15-12-17-6-4-7-18(19(17)13-15)16-10-8-14(2)9-11-16;1-3-2;;;/h2*4,6-13H,3,5H2,1-2H3;3H,1-2H3;2*1H;/q;;;;;+2/p-2. The average molecular weight is 716 g/mol. The Hall–Kier alpha value is -1.96. The molecule has 0 aromatic heterocycles. The van der Waals surface area contributed by atoms with Gasteiger partial charge in [0.05, 0.1) is 0 Å². The molecule has 4 aromatic rings. The molecule has 0 N–H and O–H groups in total. The SMILES string of the molecule is CCCC1=Cc2c(-c3ccc(C)cc3)cccc2[CH]1[Zr]([Cl])([Cl])([CH]1C(CCC)=Cc2c(-c3ccc(C)cc3)cccc21)[SiH](C)C. The Labute approximate surface area is 274 Å². The molecular weight excluding hydrogens is 671 g/mol. The van der Waals surface area contributed by atoms with Crippen molar-refractivity contribution in [2.24, 2.45) is 0 Å². The first-order valence-corrected chi connectivity index (χ1v) is 32.8. The van der Waals surface area contributed by atoms with Crippen molar-refractivity contribution in [3.63, 3.8) is 0 Å². The molecule has 4 heteroatoms. The van der Waals surface area contributed by atoms with Crippen LogP contribution in [0.4, 0.5) is 0 Å². The number of rotatable bonds is 9. The first-order chi connectivity index (χ1) is 21.1. The summed E-state index contributed by atoms with van der Waals surface area (Å²) < 4.78 is 0.261. The van der Waals surface area contributed by atoms with Gasteiger partial charge in [0.15, 0.2) is 0 Å². The molecule has 44 heavy (non-hydrogen) atoms. The number of allylic oxidation sites excluding steroid dienone is 2. The van der Waals surface area contributed by atoms with Crippen LogP contribution in [0.25, 0.3) is 34.4 Å². The number of hydrogen-bond donors (Lipinski definition) is 0. The van der Waals surface area contributed by atoms with E-state index in [2.05, 4.69) is 138 Å². The molecule has 4 aromatic carbocycles. The van der Waals surface area contributed by atoms with Crippen LogP contribution in [0.3, 0.4) is 0 Å². The van der Waals surface area contributed by atoms with Crippen molar-refractivity contribution in [1.82, 2.24) is 0 Å². The van der Waals surface area contributed by atoms with E-state index in [0.29, 0.717) is 0 Å². The van der Waals surface area contributed by atoms with E-state index in [1.807, 2.05) is 0 Å². The third kappa shape index (κ3) is 5.23. The van der Waals surface area contributed by atoms with Crippen LogP contribution in [0.5, 0.6) is 0 Å². The minimum atomic E-state index is -4.78. The first kappa shape index (κ1) is 32.0. The Morgan fingerprint density at radius 2 is 0.977 bits per heavy atom. The van der Waals surface area contributed by atoms with Gasteiger partial charge in [-0.15, -0.1) is 0 Å². The summed E-state index contributed by atoms with van der Waals surface area (Å²) in [6, 6.07) is 31.7. The van der Waals surface area contributed by atoms with Crippen LogP contribution in [0, 0.1) is 13.8 Å². The molecule has 0 bridgehead atoms. The van der Waals surface area contributed by atoms with Gasteiger partial charge in [-0.2, -0.15) is 0 Å². The van der Waals surface area contributed by atoms with Gasteiger partial charge in [0.25, 0.3) is 0 Å². The molecule has 0 saturated carbocycles. The van der Waals surface area contributed by atoms with E-state index >= 15 is 0 Å². The van der Waals surface area contributed by atoms with E-state index in [0.717, 1.165) is 25.7 Å². The summed E-state index contributed by atoms with van der Waals surface area (Å²) in [6.45, 7) is 13.8. The van der Waals surface area contributed by atoms with Gasteiger partial charge < -0.3 is 0 Å². The second kappa shape index (κ2) is 12.3. The molecule has 0 saturated heterocycles. The predicted molar refractivity (Wildman–Crippen MR) is 195 cm³/mol. The second-order valence-corrected chi connectivity index (χ2v) is 56.0. The number of hydrogen-bond acceptors (Lipinski definition) is 0. The van der Waals surface area contributed by atoms with Crippen LogP contribution in [0.1, 0.15) is 80.2 Å². The third-order valence-corrected chi connectivity index (χ3v) is 62.2. The van der Waals surface area contributed by atoms with Crippen molar-refractivity contribution in [2.75, 3.05) is 0 Å². The molecule has 0 spiro atoms. The van der Waals surface area contributed by atoms with Gasteiger partial charge in [-0.05, 0) is 0 Å². The molecule has 2 aliphatic carbocycles. The third-order valence-electron chi connectivity index (χ3n) is 10.3. The summed E-state index contributed by atoms with van der Waals surface area (Å²) in [6.07, 6.45) is 9.24. The summed E-state index contributed by atoms with van der Waals surface area (Å²) in [5, 5.41) is 0. The molecule has 227 valence electrons. The Kier molecular flexibility index (Phi) is 8.97. The van der Waals surface area contributed by atoms with Gasteiger partial charge in [0.1, 0.15) is 0 Å². The van der Waals surface area contributed by atoms with Crippen LogP contribution in [-0.4, -0.2) is 5.92 Å². The molecule has 0 heterocycles. The maximum atomic E-state index is 8.65. The van der Waals surface area contributed by atoms with Crippen LogP contribution >= 0.6 is 17.0 Å². The van der Waals surface area contributed by atoms with Crippen LogP contribution in [0.15, 0.2) is 96.1 Å². The summed E-state index contributed by atoms with van der Waals surface area (Å²) in [5.41, 5.74) is 16.1. The fourth-order valence-electron chi connectivity index (χ4n) is 8.04. The quantitative estimate of drug-likeness (QED) is 0.151. The Morgan fingerprint density at radius 3 is 1.32 bits per heavy atom. The van der Waals surface area contributed by atoms with E-state index in [4.69, 9.17) is 17.0 Å². The Morgan fingerprint density at radius 1 is 0.591 bits per heavy atom. The summed E-state index contributed by atoms with van der Waals surface area (Å²) in [7, 11) is 17.3. The molecule has 0 aliphatic heterocycles. The molecule has 0 fully saturated rings. The van der Waals surface area contributed by atoms with Crippen molar-refractivity contribution in [1.29, 1.82) is 0 Å². The summed E-state index contributed by atoms with van der Waals surface area (Å²) in [4.78, 5) is 0. The number of benzene rings is 4. The number of fused-ring (bicyclic) bond motifs is 2. The fourth-order valence-corrected chi connectivity index (χ4v) is 39.5. The van der Waals surface area contributed by atoms with Gasteiger partial charge in [0, 0.05) is 0 Å². The molecular formula is C40H45Cl2SiZr. The number of aryl methyl sites for hydroxylation is 2. The van der Waals surface area contributed by atoms with Crippen molar-refractivity contribution in [3.05, 3.63) is 129 Å². The topological polar surface area (TPSA) is 0 Å². The molecule has 0 amide bonds. The summed E-state index contributed by atoms with van der Waals surface area (Å²) in [5.74, 6) is -1.60. The zero-order valence-corrected chi connectivity index (χ0v) is 32.2. The van der Waals surface area contributed by atoms with Gasteiger partial charge in [-0.1, -0.05) is 0 Å². The van der Waals surface area contributed by atoms with Crippen LogP contribution < -0.4 is 0 Å². The van der Waals surface area contributed by atoms with Crippen molar-refractivity contribution < 1.29 is 15.6 Å². The van der Waals surface area contributed by atoms with E-state index in [1.165, 1.54) is 66.8 Å². The van der Waals surface area contributed by atoms with Crippen molar-refractivity contribution in [3.8, 4) is 22.3 Å². The van der Waals surface area contributed by atoms with Gasteiger partial charge in [-0.3, -0.25) is 0 Å². The van der Waals surface area contributed by atoms with Gasteiger partial charge >= 0.3 is 276 Å². The first-order valence-electron chi connectivity index (χ1n) is 16.5. The second-order valence-electron chi connectivity index (χ2n) is 13.5. The molecule has 6 rings (SSSR count). The Bertz CT molecular complexity index is 1640. The predicted octanol–water partition coefficient (Wildman–Crippen LogP) is 12.8. The monoisotopic (exact) mass is 713 g/mol. The molecule has 2 atom stereocenters. The van der Waals surface area contributed by atoms with E-state index < -0.39 is 21.5 Å². The summed E-state index contributed by atoms with van der Waals surface area (Å²) >= 11 is -4.78. The molecule has 2 unspecified atom stereocenters. The minimum absolute atomic E-state index is 0.131. The van der Waals surface area contributed by atoms with Gasteiger partial charge in [-0.25, -0.2) is 0 Å². The molecule has 0 nitrogen and oxygen atoms in total. The van der Waals surface area contributed by atoms with Crippen molar-refractivity contribution in [2.45, 2.75) is 73.7 Å². The van der Waals surface area contributed by atoms with E-state index in [9.17, 15) is 0 Å². The Balaban J connectivity index is 1.59. The van der Waals surface area contributed by atoms with Crippen LogP contribution in [-0.2, 0) is 15.6 Å². The fraction of sp³-hybridized carbons (Fsp3) is 0.300. The zero-order chi connectivity index (χ0) is 31.2. The van der Waals surface area contributed by atoms with E-state index in [1.54, 1.807) is 0 Å². The van der Waals surface area contributed by atoms with E-state index in [-0.39, 0.29) is 7.25 Å².